The van der Waals surface area contributed by atoms with E-state index in [0.29, 0.717) is 23.9 Å². The monoisotopic (exact) mass is 298 g/mol. The molecule has 2 atom stereocenters. The van der Waals surface area contributed by atoms with Gasteiger partial charge in [-0.25, -0.2) is 0 Å². The Morgan fingerprint density at radius 1 is 1.00 bits per heavy atom. The molecule has 0 saturated heterocycles. The Balaban J connectivity index is 3.17. The molecule has 1 aromatic rings. The lowest BCUT2D eigenvalue weighted by molar-refractivity contribution is 0.169. The Morgan fingerprint density at radius 3 is 2.05 bits per heavy atom. The number of hydrazine groups is 1. The van der Waals surface area contributed by atoms with E-state index in [-0.39, 0.29) is 12.0 Å². The highest BCUT2D eigenvalue weighted by atomic mass is 16.5. The molecule has 0 aliphatic rings. The summed E-state index contributed by atoms with van der Waals surface area (Å²) < 4.78 is 21.3. The molecule has 6 heteroatoms. The Bertz CT molecular complexity index is 440. The van der Waals surface area contributed by atoms with Crippen LogP contribution in [0.25, 0.3) is 0 Å². The van der Waals surface area contributed by atoms with E-state index in [1.807, 2.05) is 12.1 Å². The number of nitrogens with one attached hydrogen (secondary N) is 1. The highest BCUT2D eigenvalue weighted by Crippen LogP contribution is 2.39. The molecule has 0 spiro atoms. The molecule has 0 heterocycles. The van der Waals surface area contributed by atoms with Gasteiger partial charge in [-0.3, -0.25) is 11.3 Å². The van der Waals surface area contributed by atoms with Crippen LogP contribution in [-0.4, -0.2) is 35.0 Å². The summed E-state index contributed by atoms with van der Waals surface area (Å²) in [6.45, 7) is 2.79. The molecule has 0 amide bonds. The van der Waals surface area contributed by atoms with E-state index < -0.39 is 0 Å². The number of rotatable bonds is 9. The molecule has 21 heavy (non-hydrogen) atoms. The van der Waals surface area contributed by atoms with Crippen molar-refractivity contribution in [1.29, 1.82) is 0 Å². The van der Waals surface area contributed by atoms with Crippen molar-refractivity contribution in [2.24, 2.45) is 11.8 Å². The third kappa shape index (κ3) is 4.23. The number of benzene rings is 1. The van der Waals surface area contributed by atoms with Gasteiger partial charge in [-0.2, -0.15) is 0 Å². The van der Waals surface area contributed by atoms with Gasteiger partial charge in [0.25, 0.3) is 0 Å². The van der Waals surface area contributed by atoms with Crippen molar-refractivity contribution in [3.8, 4) is 17.2 Å². The summed E-state index contributed by atoms with van der Waals surface area (Å²) in [4.78, 5) is 0. The first-order chi connectivity index (χ1) is 10.1. The molecule has 3 N–H and O–H groups in total. The zero-order valence-electron chi connectivity index (χ0n) is 13.4. The Hall–Kier alpha value is -1.50. The topological polar surface area (TPSA) is 75.0 Å². The van der Waals surface area contributed by atoms with Gasteiger partial charge in [0.1, 0.15) is 5.75 Å². The van der Waals surface area contributed by atoms with E-state index in [2.05, 4.69) is 12.3 Å². The van der Waals surface area contributed by atoms with Crippen LogP contribution < -0.4 is 25.5 Å². The summed E-state index contributed by atoms with van der Waals surface area (Å²) in [6.07, 6.45) is 0.878. The zero-order chi connectivity index (χ0) is 15.8. The fourth-order valence-corrected chi connectivity index (χ4v) is 2.33. The van der Waals surface area contributed by atoms with E-state index in [4.69, 9.17) is 24.8 Å². The second kappa shape index (κ2) is 8.71. The summed E-state index contributed by atoms with van der Waals surface area (Å²) in [6, 6.07) is 3.63. The lowest BCUT2D eigenvalue weighted by Gasteiger charge is -2.26. The van der Waals surface area contributed by atoms with Crippen molar-refractivity contribution < 1.29 is 18.9 Å². The molecule has 0 aromatic heterocycles. The van der Waals surface area contributed by atoms with Gasteiger partial charge in [0.15, 0.2) is 11.5 Å². The van der Waals surface area contributed by atoms with Crippen LogP contribution in [0.3, 0.4) is 0 Å². The van der Waals surface area contributed by atoms with Gasteiger partial charge in [-0.15, -0.1) is 0 Å². The highest BCUT2D eigenvalue weighted by Gasteiger charge is 2.23. The number of ether oxygens (including phenoxy) is 4. The maximum Gasteiger partial charge on any atom is 0.164 e. The molecule has 1 rings (SSSR count). The molecule has 6 nitrogen and oxygen atoms in total. The third-order valence-corrected chi connectivity index (χ3v) is 3.60. The van der Waals surface area contributed by atoms with Crippen LogP contribution in [-0.2, 0) is 4.74 Å². The Kier molecular flexibility index (Phi) is 7.28. The highest BCUT2D eigenvalue weighted by molar-refractivity contribution is 5.52. The van der Waals surface area contributed by atoms with Crippen molar-refractivity contribution in [1.82, 2.24) is 5.43 Å². The molecule has 0 bridgehead atoms. The molecular formula is C15H26N2O4. The Morgan fingerprint density at radius 2 is 1.57 bits per heavy atom. The van der Waals surface area contributed by atoms with Crippen molar-refractivity contribution in [3.05, 3.63) is 17.7 Å². The number of nitrogens with two attached hydrogens (primary N) is 1. The van der Waals surface area contributed by atoms with Gasteiger partial charge in [0, 0.05) is 25.3 Å². The molecule has 120 valence electrons. The van der Waals surface area contributed by atoms with Crippen LogP contribution in [0.4, 0.5) is 0 Å². The largest absolute Gasteiger partial charge is 0.496 e. The number of hydrogen-bond acceptors (Lipinski definition) is 6. The third-order valence-electron chi connectivity index (χ3n) is 3.60. The first-order valence-electron chi connectivity index (χ1n) is 6.87. The summed E-state index contributed by atoms with van der Waals surface area (Å²) in [5.41, 5.74) is 3.79. The average molecular weight is 298 g/mol. The normalized spacial score (nSPS) is 13.6. The molecule has 0 aliphatic carbocycles. The first kappa shape index (κ1) is 17.6. The maximum absolute atomic E-state index is 5.74. The van der Waals surface area contributed by atoms with Crippen LogP contribution in [0.1, 0.15) is 24.9 Å². The van der Waals surface area contributed by atoms with Crippen LogP contribution in [0.5, 0.6) is 17.2 Å². The van der Waals surface area contributed by atoms with Gasteiger partial charge >= 0.3 is 0 Å². The van der Waals surface area contributed by atoms with E-state index in [9.17, 15) is 0 Å². The molecule has 0 saturated carbocycles. The summed E-state index contributed by atoms with van der Waals surface area (Å²) >= 11 is 0. The molecule has 2 unspecified atom stereocenters. The minimum absolute atomic E-state index is 0.0742. The van der Waals surface area contributed by atoms with E-state index in [1.54, 1.807) is 28.4 Å². The number of methoxy groups -OCH3 is 4. The van der Waals surface area contributed by atoms with Crippen LogP contribution >= 0.6 is 0 Å². The van der Waals surface area contributed by atoms with Crippen LogP contribution in [0.15, 0.2) is 12.1 Å². The lowest BCUT2D eigenvalue weighted by Crippen LogP contribution is -2.33. The van der Waals surface area contributed by atoms with Crippen LogP contribution in [0.2, 0.25) is 0 Å². The van der Waals surface area contributed by atoms with Crippen molar-refractivity contribution in [3.63, 3.8) is 0 Å². The second-order valence-electron chi connectivity index (χ2n) is 4.85. The van der Waals surface area contributed by atoms with Gasteiger partial charge in [0.05, 0.1) is 27.4 Å². The summed E-state index contributed by atoms with van der Waals surface area (Å²) in [5.74, 6) is 7.99. The minimum Gasteiger partial charge on any atom is -0.496 e. The lowest BCUT2D eigenvalue weighted by atomic mass is 9.91. The predicted molar refractivity (Wildman–Crippen MR) is 81.8 cm³/mol. The summed E-state index contributed by atoms with van der Waals surface area (Å²) in [5, 5.41) is 0. The summed E-state index contributed by atoms with van der Waals surface area (Å²) in [7, 11) is 6.51. The SMILES string of the molecule is COCCC(C)C(NN)c1cc(OC)c(OC)cc1OC. The van der Waals surface area contributed by atoms with Crippen molar-refractivity contribution in [2.75, 3.05) is 35.0 Å². The standard InChI is InChI=1S/C15H26N2O4/c1-10(6-7-18-2)15(17-16)11-8-13(20-4)14(21-5)9-12(11)19-3/h8-10,15,17H,6-7,16H2,1-5H3. The fourth-order valence-electron chi connectivity index (χ4n) is 2.33. The van der Waals surface area contributed by atoms with Crippen LogP contribution in [0, 0.1) is 5.92 Å². The number of hydrogen-bond donors (Lipinski definition) is 2. The molecule has 0 fully saturated rings. The average Bonchev–Trinajstić information content (AvgIpc) is 2.52. The Labute approximate surface area is 126 Å². The molecular weight excluding hydrogens is 272 g/mol. The van der Waals surface area contributed by atoms with E-state index >= 15 is 0 Å². The predicted octanol–water partition coefficient (Wildman–Crippen LogP) is 1.89. The first-order valence-corrected chi connectivity index (χ1v) is 6.87. The molecule has 1 aromatic carbocycles. The zero-order valence-corrected chi connectivity index (χ0v) is 13.4. The second-order valence-corrected chi connectivity index (χ2v) is 4.85. The van der Waals surface area contributed by atoms with Gasteiger partial charge < -0.3 is 18.9 Å². The van der Waals surface area contributed by atoms with Gasteiger partial charge in [-0.1, -0.05) is 6.92 Å². The van der Waals surface area contributed by atoms with Gasteiger partial charge in [0.2, 0.25) is 0 Å². The smallest absolute Gasteiger partial charge is 0.164 e. The molecule has 0 radical (unpaired) electrons. The quantitative estimate of drug-likeness (QED) is 0.535. The van der Waals surface area contributed by atoms with Crippen molar-refractivity contribution in [2.45, 2.75) is 19.4 Å². The van der Waals surface area contributed by atoms with Crippen molar-refractivity contribution >= 4 is 0 Å². The van der Waals surface area contributed by atoms with E-state index in [0.717, 1.165) is 12.0 Å². The van der Waals surface area contributed by atoms with E-state index in [1.165, 1.54) is 0 Å². The maximum atomic E-state index is 5.74. The fraction of sp³-hybridized carbons (Fsp3) is 0.600. The minimum atomic E-state index is -0.0742. The molecule has 0 aliphatic heterocycles. The van der Waals surface area contributed by atoms with Gasteiger partial charge in [-0.05, 0) is 18.4 Å².